The second kappa shape index (κ2) is 39.4. The molecular weight excluding hydrogens is 1400 g/mol. The van der Waals surface area contributed by atoms with Crippen LogP contribution < -0.4 is 0 Å². The molecule has 0 bridgehead atoms. The molecule has 0 spiro atoms. The zero-order valence-electron chi connectivity index (χ0n) is 64.3. The Morgan fingerprint density at radius 3 is 0.702 bits per heavy atom. The Balaban J connectivity index is 0.000000119. The summed E-state index contributed by atoms with van der Waals surface area (Å²) < 4.78 is 0. The van der Waals surface area contributed by atoms with Crippen LogP contribution in [0.5, 0.6) is 0 Å². The van der Waals surface area contributed by atoms with Gasteiger partial charge in [0.15, 0.2) is 29.1 Å². The SMILES string of the molecule is Cc1cc(-c2ccccc2)cc(-c2ccccc2)n1.Cc1cc(-c2ccccc2)nc(-c2ccccc2)c1.Cc1cc(-c2ccccc2)nc(-c2ccccc2)n1.Cc1nc(-c2ccccc2)cc(-c2ccccc2)n1.Cc1nc(-c2ccccc2)nc(-c2ccccc2)n1.Cc1nc(-c2ccccc2)nc(-c2ccncc2)n1. The highest BCUT2D eigenvalue weighted by Gasteiger charge is 2.13. The molecular formula is C101H83N13. The van der Waals surface area contributed by atoms with Crippen LogP contribution in [0.2, 0.25) is 0 Å². The summed E-state index contributed by atoms with van der Waals surface area (Å²) in [6, 6.07) is 128. The van der Waals surface area contributed by atoms with Crippen LogP contribution in [-0.2, 0) is 0 Å². The van der Waals surface area contributed by atoms with Crippen molar-refractivity contribution in [3.63, 3.8) is 0 Å². The van der Waals surface area contributed by atoms with Crippen molar-refractivity contribution in [1.82, 2.24) is 64.8 Å². The summed E-state index contributed by atoms with van der Waals surface area (Å²) >= 11 is 0. The standard InChI is InChI=1S/2C18H15N.2C17H14N2.C16H13N3.C15H12N4/c1-14-12-17(15-8-4-2-5-9-15)13-18(19-14)16-10-6-3-7-11-16;1-14-12-17(15-8-4-2-5-9-15)19-18(13-14)16-10-6-3-7-11-16;1-13-18-16(14-8-4-2-5-9-14)12-17(19-13)15-10-6-3-7-11-15;1-13-12-16(14-8-4-2-5-9-14)19-17(18-13)15-10-6-3-7-11-15;1-12-17-15(13-8-4-2-5-9-13)19-16(18-12)14-10-6-3-7-11-14;1-11-17-14(12-5-3-2-4-6-12)19-15(18-11)13-7-9-16-10-8-13/h2*2-13H,1H3;2*2-12H,1H3;2-11H,1H3;2-10H,1H3. The van der Waals surface area contributed by atoms with E-state index in [-0.39, 0.29) is 0 Å². The van der Waals surface area contributed by atoms with E-state index in [9.17, 15) is 0 Å². The first-order valence-electron chi connectivity index (χ1n) is 37.6. The maximum absolute atomic E-state index is 4.77. The van der Waals surface area contributed by atoms with E-state index >= 15 is 0 Å². The molecule has 0 radical (unpaired) electrons. The minimum Gasteiger partial charge on any atom is -0.265 e. The number of hydrogen-bond acceptors (Lipinski definition) is 13. The molecule has 0 unspecified atom stereocenters. The van der Waals surface area contributed by atoms with Crippen molar-refractivity contribution in [1.29, 1.82) is 0 Å². The lowest BCUT2D eigenvalue weighted by atomic mass is 10.0. The van der Waals surface area contributed by atoms with E-state index in [0.717, 1.165) is 124 Å². The van der Waals surface area contributed by atoms with Crippen molar-refractivity contribution in [2.24, 2.45) is 0 Å². The first-order valence-corrected chi connectivity index (χ1v) is 37.6. The molecule has 0 saturated carbocycles. The Morgan fingerprint density at radius 2 is 0.386 bits per heavy atom. The van der Waals surface area contributed by atoms with Gasteiger partial charge in [0.25, 0.3) is 0 Å². The molecule has 0 saturated heterocycles. The Bertz CT molecular complexity index is 4680. The van der Waals surface area contributed by atoms with Crippen molar-refractivity contribution in [2.75, 3.05) is 0 Å². The van der Waals surface area contributed by atoms with Crippen LogP contribution in [0.4, 0.5) is 0 Å². The predicted molar refractivity (Wildman–Crippen MR) is 464 cm³/mol. The zero-order chi connectivity index (χ0) is 78.5. The van der Waals surface area contributed by atoms with E-state index in [1.54, 1.807) is 12.4 Å². The van der Waals surface area contributed by atoms with Crippen LogP contribution in [0.25, 0.3) is 136 Å². The molecule has 114 heavy (non-hydrogen) atoms. The number of pyridine rings is 3. The third-order valence-corrected chi connectivity index (χ3v) is 17.7. The highest BCUT2D eigenvalue weighted by Crippen LogP contribution is 2.30. The lowest BCUT2D eigenvalue weighted by Gasteiger charge is -2.07. The number of nitrogens with zero attached hydrogens (tertiary/aromatic N) is 13. The molecule has 18 rings (SSSR count). The highest BCUT2D eigenvalue weighted by atomic mass is 15.0. The van der Waals surface area contributed by atoms with Gasteiger partial charge in [-0.2, -0.15) is 0 Å². The molecule has 7 aromatic heterocycles. The van der Waals surface area contributed by atoms with E-state index in [2.05, 4.69) is 188 Å². The molecule has 0 aliphatic carbocycles. The zero-order valence-corrected chi connectivity index (χ0v) is 64.3. The summed E-state index contributed by atoms with van der Waals surface area (Å²) in [5.74, 6) is 5.81. The van der Waals surface area contributed by atoms with E-state index < -0.39 is 0 Å². The second-order valence-electron chi connectivity index (χ2n) is 26.5. The minimum absolute atomic E-state index is 0.675. The van der Waals surface area contributed by atoms with Crippen molar-refractivity contribution >= 4 is 0 Å². The number of rotatable bonds is 12. The molecule has 7 heterocycles. The van der Waals surface area contributed by atoms with Crippen LogP contribution in [0, 0.1) is 41.5 Å². The fourth-order valence-electron chi connectivity index (χ4n) is 12.3. The van der Waals surface area contributed by atoms with Gasteiger partial charge in [0, 0.05) is 85.0 Å². The van der Waals surface area contributed by atoms with Crippen LogP contribution in [0.3, 0.4) is 0 Å². The molecule has 0 aliphatic heterocycles. The minimum atomic E-state index is 0.675. The summed E-state index contributed by atoms with van der Waals surface area (Å²) in [5.41, 5.74) is 23.5. The highest BCUT2D eigenvalue weighted by molar-refractivity contribution is 5.73. The van der Waals surface area contributed by atoms with Crippen molar-refractivity contribution in [3.8, 4) is 136 Å². The van der Waals surface area contributed by atoms with Gasteiger partial charge in [-0.1, -0.05) is 334 Å². The fraction of sp³-hybridized carbons (Fsp3) is 0.0594. The monoisotopic (exact) mass is 1480 g/mol. The van der Waals surface area contributed by atoms with E-state index in [4.69, 9.17) is 4.98 Å². The second-order valence-corrected chi connectivity index (χ2v) is 26.5. The van der Waals surface area contributed by atoms with Gasteiger partial charge in [0.1, 0.15) is 17.5 Å². The van der Waals surface area contributed by atoms with Gasteiger partial charge in [-0.25, -0.2) is 54.8 Å². The average molecular weight is 1480 g/mol. The lowest BCUT2D eigenvalue weighted by Crippen LogP contribution is -1.99. The summed E-state index contributed by atoms with van der Waals surface area (Å²) in [6.07, 6.45) is 3.47. The summed E-state index contributed by atoms with van der Waals surface area (Å²) in [4.78, 5) is 58.3. The van der Waals surface area contributed by atoms with Gasteiger partial charge < -0.3 is 0 Å². The van der Waals surface area contributed by atoms with Gasteiger partial charge in [-0.05, 0) is 107 Å². The van der Waals surface area contributed by atoms with Crippen molar-refractivity contribution in [2.45, 2.75) is 41.5 Å². The third kappa shape index (κ3) is 22.2. The number of aryl methyl sites for hydroxylation is 6. The van der Waals surface area contributed by atoms with Crippen LogP contribution in [0.1, 0.15) is 34.4 Å². The van der Waals surface area contributed by atoms with Crippen LogP contribution >= 0.6 is 0 Å². The number of benzene rings is 11. The lowest BCUT2D eigenvalue weighted by molar-refractivity contribution is 0.991. The van der Waals surface area contributed by atoms with E-state index in [1.807, 2.05) is 295 Å². The number of aromatic nitrogens is 13. The molecule has 13 heteroatoms. The quantitative estimate of drug-likeness (QED) is 0.113. The Hall–Kier alpha value is -15.0. The summed E-state index contributed by atoms with van der Waals surface area (Å²) in [5, 5.41) is 0. The fourth-order valence-corrected chi connectivity index (χ4v) is 12.3. The molecule has 11 aromatic carbocycles. The topological polar surface area (TPSA) is 168 Å². The Labute approximate surface area is 666 Å². The normalized spacial score (nSPS) is 10.4. The first-order chi connectivity index (χ1) is 56.0. The molecule has 18 aromatic rings. The third-order valence-electron chi connectivity index (χ3n) is 17.7. The molecule has 0 N–H and O–H groups in total. The molecule has 0 fully saturated rings. The van der Waals surface area contributed by atoms with Gasteiger partial charge in [0.05, 0.1) is 34.2 Å². The molecule has 0 amide bonds. The van der Waals surface area contributed by atoms with Gasteiger partial charge in [-0.3, -0.25) is 9.97 Å². The Morgan fingerprint density at radius 1 is 0.149 bits per heavy atom. The van der Waals surface area contributed by atoms with Crippen molar-refractivity contribution < 1.29 is 0 Å². The molecule has 552 valence electrons. The largest absolute Gasteiger partial charge is 0.265 e. The van der Waals surface area contributed by atoms with Crippen molar-refractivity contribution in [3.05, 3.63) is 429 Å². The summed E-state index contributed by atoms with van der Waals surface area (Å²) in [7, 11) is 0. The van der Waals surface area contributed by atoms with Gasteiger partial charge in [0.2, 0.25) is 0 Å². The van der Waals surface area contributed by atoms with Crippen LogP contribution in [0.15, 0.2) is 395 Å². The number of hydrogen-bond donors (Lipinski definition) is 0. The van der Waals surface area contributed by atoms with E-state index in [1.165, 1.54) is 16.7 Å². The predicted octanol–water partition coefficient (Wildman–Crippen LogP) is 24.1. The smallest absolute Gasteiger partial charge is 0.163 e. The molecule has 0 aliphatic rings. The maximum Gasteiger partial charge on any atom is 0.163 e. The Kier molecular flexibility index (Phi) is 26.7. The van der Waals surface area contributed by atoms with E-state index in [0.29, 0.717) is 29.1 Å². The molecule has 13 nitrogen and oxygen atoms in total. The van der Waals surface area contributed by atoms with Gasteiger partial charge >= 0.3 is 0 Å². The van der Waals surface area contributed by atoms with Crippen LogP contribution in [-0.4, -0.2) is 64.8 Å². The summed E-state index contributed by atoms with van der Waals surface area (Å²) in [6.45, 7) is 11.8. The average Bonchev–Trinajstić information content (AvgIpc) is 0.855. The molecule has 0 atom stereocenters. The van der Waals surface area contributed by atoms with Gasteiger partial charge in [-0.15, -0.1) is 0 Å². The maximum atomic E-state index is 4.77. The first kappa shape index (κ1) is 77.2.